The monoisotopic (exact) mass is 371 g/mol. The summed E-state index contributed by atoms with van der Waals surface area (Å²) in [6.45, 7) is 2.72. The first kappa shape index (κ1) is 20.1. The van der Waals surface area contributed by atoms with Gasteiger partial charge in [0.1, 0.15) is 5.82 Å². The van der Waals surface area contributed by atoms with Crippen LogP contribution in [0.1, 0.15) is 23.2 Å². The topological polar surface area (TPSA) is 120 Å². The molecule has 1 aliphatic rings. The first-order valence-electron chi connectivity index (χ1n) is 8.63. The zero-order chi connectivity index (χ0) is 19.5. The zero-order valence-corrected chi connectivity index (χ0v) is 15.0. The van der Waals surface area contributed by atoms with Crippen LogP contribution in [0.2, 0.25) is 0 Å². The number of rotatable bonds is 8. The first-order chi connectivity index (χ1) is 13.2. The summed E-state index contributed by atoms with van der Waals surface area (Å²) in [5.41, 5.74) is 0.250. The van der Waals surface area contributed by atoms with Crippen molar-refractivity contribution in [3.63, 3.8) is 0 Å². The van der Waals surface area contributed by atoms with Gasteiger partial charge in [-0.25, -0.2) is 9.78 Å². The van der Waals surface area contributed by atoms with Crippen molar-refractivity contribution in [2.45, 2.75) is 12.8 Å². The third kappa shape index (κ3) is 6.24. The number of aromatic nitrogens is 1. The Kier molecular flexibility index (Phi) is 8.01. The smallest absolute Gasteiger partial charge is 0.340 e. The Morgan fingerprint density at radius 2 is 1.85 bits per heavy atom. The average Bonchev–Trinajstić information content (AvgIpc) is 2.72. The van der Waals surface area contributed by atoms with Gasteiger partial charge < -0.3 is 19.3 Å². The van der Waals surface area contributed by atoms with Crippen LogP contribution in [0.4, 0.5) is 5.82 Å². The van der Waals surface area contributed by atoms with Gasteiger partial charge in [-0.1, -0.05) is 0 Å². The van der Waals surface area contributed by atoms with Gasteiger partial charge in [0.25, 0.3) is 5.91 Å². The van der Waals surface area contributed by atoms with E-state index in [-0.39, 0.29) is 31.5 Å². The van der Waals surface area contributed by atoms with Crippen LogP contribution in [0.15, 0.2) is 18.3 Å². The minimum absolute atomic E-state index is 0.151. The maximum Gasteiger partial charge on any atom is 0.340 e. The molecule has 0 aromatic carbocycles. The number of hydrogen-bond acceptors (Lipinski definition) is 8. The van der Waals surface area contributed by atoms with Crippen molar-refractivity contribution in [1.82, 2.24) is 9.88 Å². The van der Waals surface area contributed by atoms with E-state index in [4.69, 9.17) is 20.0 Å². The number of carbonyl (C=O) groups is 2. The predicted molar refractivity (Wildman–Crippen MR) is 94.6 cm³/mol. The first-order valence-corrected chi connectivity index (χ1v) is 8.63. The molecule has 1 aromatic heterocycles. The molecule has 142 valence electrons. The molecular formula is C18H21N5O4. The van der Waals surface area contributed by atoms with E-state index in [1.807, 2.05) is 12.1 Å². The lowest BCUT2D eigenvalue weighted by Crippen LogP contribution is -2.36. The van der Waals surface area contributed by atoms with E-state index in [2.05, 4.69) is 9.88 Å². The molecule has 1 saturated heterocycles. The van der Waals surface area contributed by atoms with Crippen molar-refractivity contribution in [3.05, 3.63) is 23.9 Å². The van der Waals surface area contributed by atoms with Gasteiger partial charge in [0.05, 0.1) is 43.8 Å². The number of morpholine rings is 1. The molecule has 2 rings (SSSR count). The van der Waals surface area contributed by atoms with Crippen LogP contribution in [0.5, 0.6) is 0 Å². The predicted octanol–water partition coefficient (Wildman–Crippen LogP) is 0.731. The third-order valence-electron chi connectivity index (χ3n) is 3.99. The van der Waals surface area contributed by atoms with E-state index < -0.39 is 18.5 Å². The zero-order valence-electron chi connectivity index (χ0n) is 15.0. The van der Waals surface area contributed by atoms with Crippen LogP contribution < -0.4 is 4.90 Å². The quantitative estimate of drug-likeness (QED) is 0.614. The Balaban J connectivity index is 1.87. The van der Waals surface area contributed by atoms with Gasteiger partial charge in [-0.3, -0.25) is 4.79 Å². The number of nitriles is 2. The van der Waals surface area contributed by atoms with Crippen LogP contribution in [0.3, 0.4) is 0 Å². The van der Waals surface area contributed by atoms with Crippen LogP contribution in [0.25, 0.3) is 0 Å². The van der Waals surface area contributed by atoms with Gasteiger partial charge in [-0.15, -0.1) is 0 Å². The van der Waals surface area contributed by atoms with Gasteiger partial charge in [0.2, 0.25) is 0 Å². The standard InChI is InChI=1S/C18H21N5O4/c19-5-1-7-23(8-2-6-20)17(24)14-27-18(25)15-3-4-16(21-13-15)22-9-11-26-12-10-22/h3-4,13H,1-2,7-12,14H2. The fraction of sp³-hybridized carbons (Fsp3) is 0.500. The van der Waals surface area contributed by atoms with Crippen LogP contribution in [-0.2, 0) is 14.3 Å². The molecule has 0 spiro atoms. The second-order valence-corrected chi connectivity index (χ2v) is 5.78. The van der Waals surface area contributed by atoms with Crippen molar-refractivity contribution in [3.8, 4) is 12.1 Å². The maximum atomic E-state index is 12.1. The number of nitrogens with zero attached hydrogens (tertiary/aromatic N) is 5. The minimum atomic E-state index is -0.648. The van der Waals surface area contributed by atoms with Crippen molar-refractivity contribution in [1.29, 1.82) is 10.5 Å². The molecule has 0 bridgehead atoms. The molecule has 9 heteroatoms. The third-order valence-corrected chi connectivity index (χ3v) is 3.99. The molecule has 1 fully saturated rings. The molecule has 27 heavy (non-hydrogen) atoms. The molecule has 0 aliphatic carbocycles. The largest absolute Gasteiger partial charge is 0.452 e. The van der Waals surface area contributed by atoms with E-state index >= 15 is 0 Å². The Morgan fingerprint density at radius 3 is 2.41 bits per heavy atom. The highest BCUT2D eigenvalue weighted by Gasteiger charge is 2.17. The number of carbonyl (C=O) groups excluding carboxylic acids is 2. The minimum Gasteiger partial charge on any atom is -0.452 e. The van der Waals surface area contributed by atoms with Crippen LogP contribution >= 0.6 is 0 Å². The highest BCUT2D eigenvalue weighted by Crippen LogP contribution is 2.13. The number of ether oxygens (including phenoxy) is 2. The second kappa shape index (κ2) is 10.7. The number of pyridine rings is 1. The Bertz CT molecular complexity index is 699. The SMILES string of the molecule is N#CCCN(CCC#N)C(=O)COC(=O)c1ccc(N2CCOCC2)nc1. The number of anilines is 1. The van der Waals surface area contributed by atoms with Crippen molar-refractivity contribution < 1.29 is 19.1 Å². The van der Waals surface area contributed by atoms with Gasteiger partial charge >= 0.3 is 5.97 Å². The molecule has 0 atom stereocenters. The summed E-state index contributed by atoms with van der Waals surface area (Å²) < 4.78 is 10.3. The van der Waals surface area contributed by atoms with E-state index in [1.165, 1.54) is 11.1 Å². The lowest BCUT2D eigenvalue weighted by molar-refractivity contribution is -0.134. The van der Waals surface area contributed by atoms with Gasteiger partial charge in [0.15, 0.2) is 6.61 Å². The summed E-state index contributed by atoms with van der Waals surface area (Å²) in [7, 11) is 0. The molecular weight excluding hydrogens is 350 g/mol. The van der Waals surface area contributed by atoms with E-state index in [0.29, 0.717) is 13.2 Å². The van der Waals surface area contributed by atoms with Crippen LogP contribution in [0, 0.1) is 22.7 Å². The fourth-order valence-electron chi connectivity index (χ4n) is 2.52. The number of amides is 1. The molecule has 1 aliphatic heterocycles. The molecule has 0 saturated carbocycles. The lowest BCUT2D eigenvalue weighted by atomic mass is 10.2. The van der Waals surface area contributed by atoms with E-state index in [0.717, 1.165) is 18.9 Å². The maximum absolute atomic E-state index is 12.1. The van der Waals surface area contributed by atoms with Crippen molar-refractivity contribution in [2.75, 3.05) is 50.9 Å². The Hall–Kier alpha value is -3.17. The normalized spacial score (nSPS) is 13.3. The highest BCUT2D eigenvalue weighted by atomic mass is 16.5. The summed E-state index contributed by atoms with van der Waals surface area (Å²) in [5.74, 6) is -0.332. The summed E-state index contributed by atoms with van der Waals surface area (Å²) in [4.78, 5) is 31.9. The molecule has 1 amide bonds. The molecule has 1 aromatic rings. The van der Waals surface area contributed by atoms with Crippen molar-refractivity contribution >= 4 is 17.7 Å². The van der Waals surface area contributed by atoms with E-state index in [9.17, 15) is 9.59 Å². The van der Waals surface area contributed by atoms with Crippen molar-refractivity contribution in [2.24, 2.45) is 0 Å². The molecule has 0 N–H and O–H groups in total. The summed E-state index contributed by atoms with van der Waals surface area (Å²) in [6.07, 6.45) is 1.72. The van der Waals surface area contributed by atoms with Gasteiger partial charge in [-0.05, 0) is 12.1 Å². The highest BCUT2D eigenvalue weighted by molar-refractivity contribution is 5.91. The summed E-state index contributed by atoms with van der Waals surface area (Å²) in [6, 6.07) is 7.23. The fourth-order valence-corrected chi connectivity index (χ4v) is 2.52. The van der Waals surface area contributed by atoms with Gasteiger partial charge in [-0.2, -0.15) is 10.5 Å². The number of esters is 1. The molecule has 9 nitrogen and oxygen atoms in total. The van der Waals surface area contributed by atoms with Crippen LogP contribution in [-0.4, -0.2) is 67.8 Å². The van der Waals surface area contributed by atoms with Gasteiger partial charge in [0, 0.05) is 32.4 Å². The average molecular weight is 371 g/mol. The molecule has 2 heterocycles. The van der Waals surface area contributed by atoms with E-state index in [1.54, 1.807) is 12.1 Å². The number of hydrogen-bond donors (Lipinski definition) is 0. The molecule has 0 radical (unpaired) electrons. The Morgan fingerprint density at radius 1 is 1.19 bits per heavy atom. The lowest BCUT2D eigenvalue weighted by Gasteiger charge is -2.27. The Labute approximate surface area is 157 Å². The summed E-state index contributed by atoms with van der Waals surface area (Å²) >= 11 is 0. The summed E-state index contributed by atoms with van der Waals surface area (Å²) in [5, 5.41) is 17.3. The second-order valence-electron chi connectivity index (χ2n) is 5.78. The molecule has 0 unspecified atom stereocenters.